The first kappa shape index (κ1) is 12.6. The van der Waals surface area contributed by atoms with Crippen molar-refractivity contribution < 1.29 is 8.42 Å². The first-order chi connectivity index (χ1) is 9.17. The van der Waals surface area contributed by atoms with Crippen LogP contribution in [-0.4, -0.2) is 19.4 Å². The molecule has 1 aromatic carbocycles. The topological polar surface area (TPSA) is 59.1 Å². The van der Waals surface area contributed by atoms with E-state index in [1.807, 2.05) is 6.07 Å². The van der Waals surface area contributed by atoms with E-state index >= 15 is 0 Å². The molecule has 1 N–H and O–H groups in total. The number of sulfonamides is 1. The highest BCUT2D eigenvalue weighted by Gasteiger charge is 2.24. The summed E-state index contributed by atoms with van der Waals surface area (Å²) in [6.45, 7) is 0. The van der Waals surface area contributed by atoms with Gasteiger partial charge in [0.25, 0.3) is 0 Å². The summed E-state index contributed by atoms with van der Waals surface area (Å²) in [5.74, 6) is 0. The van der Waals surface area contributed by atoms with E-state index in [4.69, 9.17) is 0 Å². The summed E-state index contributed by atoms with van der Waals surface area (Å²) >= 11 is 0. The summed E-state index contributed by atoms with van der Waals surface area (Å²) in [6, 6.07) is 8.84. The highest BCUT2D eigenvalue weighted by Crippen LogP contribution is 2.24. The van der Waals surface area contributed by atoms with Gasteiger partial charge in [-0.05, 0) is 37.1 Å². The van der Waals surface area contributed by atoms with Gasteiger partial charge in [0.15, 0.2) is 0 Å². The fourth-order valence-corrected chi connectivity index (χ4v) is 4.16. The molecule has 0 amide bonds. The number of benzene rings is 1. The predicted octanol–water partition coefficient (Wildman–Crippen LogP) is 2.46. The molecule has 1 heterocycles. The number of fused-ring (bicyclic) bond motifs is 1. The largest absolute Gasteiger partial charge is 0.256 e. The van der Waals surface area contributed by atoms with E-state index in [1.54, 1.807) is 30.5 Å². The van der Waals surface area contributed by atoms with Crippen molar-refractivity contribution >= 4 is 20.9 Å². The normalized spacial score (nSPS) is 17.1. The van der Waals surface area contributed by atoms with Crippen LogP contribution in [0.3, 0.4) is 0 Å². The molecule has 0 unspecified atom stereocenters. The molecule has 1 fully saturated rings. The van der Waals surface area contributed by atoms with Gasteiger partial charge >= 0.3 is 0 Å². The van der Waals surface area contributed by atoms with Gasteiger partial charge in [-0.15, -0.1) is 0 Å². The van der Waals surface area contributed by atoms with Crippen LogP contribution in [0.25, 0.3) is 10.9 Å². The van der Waals surface area contributed by atoms with Crippen molar-refractivity contribution in [3.05, 3.63) is 36.5 Å². The number of aromatic nitrogens is 1. The van der Waals surface area contributed by atoms with E-state index in [-0.39, 0.29) is 6.04 Å². The van der Waals surface area contributed by atoms with Gasteiger partial charge in [0, 0.05) is 17.6 Å². The van der Waals surface area contributed by atoms with Crippen LogP contribution >= 0.6 is 0 Å². The molecule has 0 bridgehead atoms. The van der Waals surface area contributed by atoms with Gasteiger partial charge in [0.1, 0.15) is 0 Å². The van der Waals surface area contributed by atoms with Crippen LogP contribution in [0.2, 0.25) is 0 Å². The molecule has 5 heteroatoms. The quantitative estimate of drug-likeness (QED) is 0.936. The molecule has 0 atom stereocenters. The second-order valence-corrected chi connectivity index (χ2v) is 6.61. The van der Waals surface area contributed by atoms with E-state index in [1.165, 1.54) is 0 Å². The maximum Gasteiger partial charge on any atom is 0.241 e. The number of nitrogens with zero attached hydrogens (tertiary/aromatic N) is 1. The van der Waals surface area contributed by atoms with Gasteiger partial charge in [-0.1, -0.05) is 18.9 Å². The van der Waals surface area contributed by atoms with Crippen molar-refractivity contribution in [2.75, 3.05) is 0 Å². The number of rotatable bonds is 3. The summed E-state index contributed by atoms with van der Waals surface area (Å²) in [5.41, 5.74) is 0.705. The van der Waals surface area contributed by atoms with Gasteiger partial charge in [-0.2, -0.15) is 0 Å². The lowest BCUT2D eigenvalue weighted by Gasteiger charge is -2.13. The van der Waals surface area contributed by atoms with Crippen molar-refractivity contribution in [2.45, 2.75) is 36.6 Å². The highest BCUT2D eigenvalue weighted by molar-refractivity contribution is 7.89. The van der Waals surface area contributed by atoms with Crippen molar-refractivity contribution in [3.63, 3.8) is 0 Å². The fraction of sp³-hybridized carbons (Fsp3) is 0.357. The van der Waals surface area contributed by atoms with Gasteiger partial charge in [0.05, 0.1) is 10.4 Å². The minimum atomic E-state index is -3.46. The Morgan fingerprint density at radius 1 is 1.11 bits per heavy atom. The molecule has 1 saturated carbocycles. The molecule has 1 aromatic heterocycles. The van der Waals surface area contributed by atoms with Crippen LogP contribution < -0.4 is 4.72 Å². The molecule has 19 heavy (non-hydrogen) atoms. The number of hydrogen-bond acceptors (Lipinski definition) is 3. The second kappa shape index (κ2) is 4.90. The Bertz CT molecular complexity index is 686. The van der Waals surface area contributed by atoms with Crippen molar-refractivity contribution in [1.29, 1.82) is 0 Å². The van der Waals surface area contributed by atoms with Crippen LogP contribution in [0.5, 0.6) is 0 Å². The zero-order valence-electron chi connectivity index (χ0n) is 10.5. The monoisotopic (exact) mass is 276 g/mol. The smallest absolute Gasteiger partial charge is 0.241 e. The molecular weight excluding hydrogens is 260 g/mol. The first-order valence-electron chi connectivity index (χ1n) is 6.53. The number of nitrogens with one attached hydrogen (secondary N) is 1. The number of hydrogen-bond donors (Lipinski definition) is 1. The Hall–Kier alpha value is -1.46. The Morgan fingerprint density at radius 3 is 2.68 bits per heavy atom. The van der Waals surface area contributed by atoms with Gasteiger partial charge < -0.3 is 0 Å². The van der Waals surface area contributed by atoms with Gasteiger partial charge in [0.2, 0.25) is 10.0 Å². The van der Waals surface area contributed by atoms with Crippen LogP contribution in [0, 0.1) is 0 Å². The summed E-state index contributed by atoms with van der Waals surface area (Å²) in [5, 5.41) is 0.676. The van der Waals surface area contributed by atoms with Gasteiger partial charge in [-0.25, -0.2) is 13.1 Å². The summed E-state index contributed by atoms with van der Waals surface area (Å²) < 4.78 is 27.7. The van der Waals surface area contributed by atoms with Crippen molar-refractivity contribution in [1.82, 2.24) is 9.71 Å². The molecule has 0 spiro atoms. The molecule has 4 nitrogen and oxygen atoms in total. The Kier molecular flexibility index (Phi) is 3.24. The molecule has 100 valence electrons. The third-order valence-electron chi connectivity index (χ3n) is 3.57. The van der Waals surface area contributed by atoms with Crippen LogP contribution in [0.15, 0.2) is 41.4 Å². The van der Waals surface area contributed by atoms with E-state index in [9.17, 15) is 8.42 Å². The lowest BCUT2D eigenvalue weighted by molar-refractivity contribution is 0.553. The zero-order chi connectivity index (χ0) is 13.3. The molecule has 1 aliphatic rings. The van der Waals surface area contributed by atoms with Crippen molar-refractivity contribution in [2.24, 2.45) is 0 Å². The Morgan fingerprint density at radius 2 is 1.89 bits per heavy atom. The average Bonchev–Trinajstić information content (AvgIpc) is 2.90. The van der Waals surface area contributed by atoms with E-state index in [0.29, 0.717) is 15.8 Å². The third kappa shape index (κ3) is 2.48. The Balaban J connectivity index is 2.02. The molecular formula is C14H16N2O2S. The molecule has 3 rings (SSSR count). The fourth-order valence-electron chi connectivity index (χ4n) is 2.64. The van der Waals surface area contributed by atoms with E-state index < -0.39 is 10.0 Å². The van der Waals surface area contributed by atoms with E-state index in [0.717, 1.165) is 25.7 Å². The lowest BCUT2D eigenvalue weighted by Crippen LogP contribution is -2.32. The third-order valence-corrected chi connectivity index (χ3v) is 5.15. The minimum Gasteiger partial charge on any atom is -0.256 e. The van der Waals surface area contributed by atoms with Crippen LogP contribution in [0.4, 0.5) is 0 Å². The Labute approximate surface area is 112 Å². The minimum absolute atomic E-state index is 0.0805. The number of pyridine rings is 1. The summed E-state index contributed by atoms with van der Waals surface area (Å²) in [4.78, 5) is 4.52. The molecule has 0 radical (unpaired) electrons. The maximum absolute atomic E-state index is 12.5. The molecule has 0 saturated heterocycles. The molecule has 2 aromatic rings. The first-order valence-corrected chi connectivity index (χ1v) is 8.01. The average molecular weight is 276 g/mol. The highest BCUT2D eigenvalue weighted by atomic mass is 32.2. The lowest BCUT2D eigenvalue weighted by atomic mass is 10.2. The van der Waals surface area contributed by atoms with E-state index in [2.05, 4.69) is 9.71 Å². The van der Waals surface area contributed by atoms with Crippen molar-refractivity contribution in [3.8, 4) is 0 Å². The zero-order valence-corrected chi connectivity index (χ0v) is 11.4. The summed E-state index contributed by atoms with van der Waals surface area (Å²) in [6.07, 6.45) is 5.74. The standard InChI is InChI=1S/C14H16N2O2S/c17-19(18,16-11-5-1-2-6-11)14-9-3-8-13-12(14)7-4-10-15-13/h3-4,7-11,16H,1-2,5-6H2. The van der Waals surface area contributed by atoms with Gasteiger partial charge in [-0.3, -0.25) is 4.98 Å². The summed E-state index contributed by atoms with van der Waals surface area (Å²) in [7, 11) is -3.46. The molecule has 0 aliphatic heterocycles. The molecule has 1 aliphatic carbocycles. The van der Waals surface area contributed by atoms with Crippen LogP contribution in [0.1, 0.15) is 25.7 Å². The second-order valence-electron chi connectivity index (χ2n) is 4.93. The SMILES string of the molecule is O=S(=O)(NC1CCCC1)c1cccc2ncccc12. The predicted molar refractivity (Wildman–Crippen MR) is 74.3 cm³/mol. The maximum atomic E-state index is 12.5. The van der Waals surface area contributed by atoms with Crippen LogP contribution in [-0.2, 0) is 10.0 Å².